The molecule has 0 unspecified atom stereocenters. The lowest BCUT2D eigenvalue weighted by atomic mass is 10.2. The van der Waals surface area contributed by atoms with Crippen LogP contribution in [0, 0.1) is 0 Å². The number of carbonyl (C=O) groups is 1. The van der Waals surface area contributed by atoms with Crippen LogP contribution in [0.4, 0.5) is 0 Å². The van der Waals surface area contributed by atoms with E-state index in [0.29, 0.717) is 18.9 Å². The van der Waals surface area contributed by atoms with Crippen LogP contribution in [-0.2, 0) is 16.1 Å². The fraction of sp³-hybridized carbons (Fsp3) is 0.400. The molecule has 0 aliphatic rings. The van der Waals surface area contributed by atoms with Gasteiger partial charge in [0, 0.05) is 25.8 Å². The van der Waals surface area contributed by atoms with Gasteiger partial charge in [-0.05, 0) is 6.92 Å². The zero-order chi connectivity index (χ0) is 15.8. The Balaban J connectivity index is 2.00. The van der Waals surface area contributed by atoms with Gasteiger partial charge in [-0.3, -0.25) is 4.79 Å². The molecule has 0 saturated heterocycles. The molecule has 0 spiro atoms. The van der Waals surface area contributed by atoms with Crippen LogP contribution in [0.25, 0.3) is 11.4 Å². The van der Waals surface area contributed by atoms with Gasteiger partial charge in [0.15, 0.2) is 11.0 Å². The Kier molecular flexibility index (Phi) is 6.42. The third kappa shape index (κ3) is 4.32. The van der Waals surface area contributed by atoms with E-state index in [0.717, 1.165) is 23.1 Å². The summed E-state index contributed by atoms with van der Waals surface area (Å²) in [5.41, 5.74) is 1.02. The molecule has 0 bridgehead atoms. The first-order valence-electron chi connectivity index (χ1n) is 7.13. The second kappa shape index (κ2) is 8.55. The van der Waals surface area contributed by atoms with E-state index in [1.807, 2.05) is 41.8 Å². The number of aromatic nitrogens is 3. The molecule has 6 nitrogen and oxygen atoms in total. The molecule has 2 rings (SSSR count). The Labute approximate surface area is 134 Å². The van der Waals surface area contributed by atoms with Crippen molar-refractivity contribution in [2.24, 2.45) is 0 Å². The van der Waals surface area contributed by atoms with Gasteiger partial charge in [0.1, 0.15) is 0 Å². The summed E-state index contributed by atoms with van der Waals surface area (Å²) in [4.78, 5) is 11.7. The molecule has 0 aliphatic heterocycles. The molecule has 1 N–H and O–H groups in total. The number of ether oxygens (including phenoxy) is 1. The van der Waals surface area contributed by atoms with Crippen molar-refractivity contribution >= 4 is 17.7 Å². The zero-order valence-corrected chi connectivity index (χ0v) is 13.6. The summed E-state index contributed by atoms with van der Waals surface area (Å²) in [7, 11) is 1.61. The lowest BCUT2D eigenvalue weighted by Crippen LogP contribution is -2.28. The minimum atomic E-state index is -0.0334. The van der Waals surface area contributed by atoms with Crippen molar-refractivity contribution in [3.8, 4) is 11.4 Å². The van der Waals surface area contributed by atoms with Crippen molar-refractivity contribution < 1.29 is 9.53 Å². The van der Waals surface area contributed by atoms with E-state index in [1.165, 1.54) is 11.8 Å². The highest BCUT2D eigenvalue weighted by atomic mass is 32.2. The Morgan fingerprint density at radius 1 is 1.32 bits per heavy atom. The molecule has 0 radical (unpaired) electrons. The maximum absolute atomic E-state index is 11.7. The lowest BCUT2D eigenvalue weighted by molar-refractivity contribution is -0.118. The summed E-state index contributed by atoms with van der Waals surface area (Å²) in [6.45, 7) is 3.83. The van der Waals surface area contributed by atoms with Gasteiger partial charge in [0.2, 0.25) is 5.91 Å². The number of amides is 1. The standard InChI is InChI=1S/C15H20N4O2S/c1-3-19-14(12-7-5-4-6-8-12)17-18-15(19)22-11-13(20)16-9-10-21-2/h4-8H,3,9-11H2,1-2H3,(H,16,20). The third-order valence-corrected chi connectivity index (χ3v) is 3.99. The van der Waals surface area contributed by atoms with Gasteiger partial charge in [-0.1, -0.05) is 42.1 Å². The SMILES string of the molecule is CCn1c(SCC(=O)NCCOC)nnc1-c1ccccc1. The molecule has 22 heavy (non-hydrogen) atoms. The van der Waals surface area contributed by atoms with Crippen LogP contribution < -0.4 is 5.32 Å². The van der Waals surface area contributed by atoms with E-state index in [1.54, 1.807) is 7.11 Å². The maximum atomic E-state index is 11.7. The molecule has 1 heterocycles. The maximum Gasteiger partial charge on any atom is 0.230 e. The number of hydrogen-bond donors (Lipinski definition) is 1. The third-order valence-electron chi connectivity index (χ3n) is 3.03. The number of methoxy groups -OCH3 is 1. The molecule has 0 atom stereocenters. The molecular formula is C15H20N4O2S. The summed E-state index contributed by atoms with van der Waals surface area (Å²) < 4.78 is 6.91. The van der Waals surface area contributed by atoms with E-state index in [-0.39, 0.29) is 5.91 Å². The van der Waals surface area contributed by atoms with E-state index < -0.39 is 0 Å². The Morgan fingerprint density at radius 3 is 2.77 bits per heavy atom. The Morgan fingerprint density at radius 2 is 2.09 bits per heavy atom. The number of hydrogen-bond acceptors (Lipinski definition) is 5. The number of nitrogens with one attached hydrogen (secondary N) is 1. The average Bonchev–Trinajstić information content (AvgIpc) is 2.97. The molecular weight excluding hydrogens is 300 g/mol. The van der Waals surface area contributed by atoms with Crippen molar-refractivity contribution in [3.05, 3.63) is 30.3 Å². The van der Waals surface area contributed by atoms with Gasteiger partial charge >= 0.3 is 0 Å². The molecule has 0 fully saturated rings. The van der Waals surface area contributed by atoms with Crippen molar-refractivity contribution in [1.82, 2.24) is 20.1 Å². The van der Waals surface area contributed by atoms with E-state index in [9.17, 15) is 4.79 Å². The number of benzene rings is 1. The molecule has 0 saturated carbocycles. The van der Waals surface area contributed by atoms with Gasteiger partial charge < -0.3 is 14.6 Å². The van der Waals surface area contributed by atoms with Crippen molar-refractivity contribution in [3.63, 3.8) is 0 Å². The normalized spacial score (nSPS) is 10.6. The highest BCUT2D eigenvalue weighted by Gasteiger charge is 2.14. The van der Waals surface area contributed by atoms with Gasteiger partial charge in [0.05, 0.1) is 12.4 Å². The van der Waals surface area contributed by atoms with Crippen LogP contribution >= 0.6 is 11.8 Å². The van der Waals surface area contributed by atoms with Crippen LogP contribution in [0.15, 0.2) is 35.5 Å². The summed E-state index contributed by atoms with van der Waals surface area (Å²) in [6, 6.07) is 9.92. The summed E-state index contributed by atoms with van der Waals surface area (Å²) in [6.07, 6.45) is 0. The van der Waals surface area contributed by atoms with Gasteiger partial charge in [-0.25, -0.2) is 0 Å². The second-order valence-electron chi connectivity index (χ2n) is 4.55. The first-order valence-corrected chi connectivity index (χ1v) is 8.11. The van der Waals surface area contributed by atoms with Crippen LogP contribution in [0.1, 0.15) is 6.92 Å². The van der Waals surface area contributed by atoms with Crippen molar-refractivity contribution in [1.29, 1.82) is 0 Å². The molecule has 2 aromatic rings. The van der Waals surface area contributed by atoms with E-state index >= 15 is 0 Å². The predicted molar refractivity (Wildman–Crippen MR) is 86.7 cm³/mol. The second-order valence-corrected chi connectivity index (χ2v) is 5.49. The monoisotopic (exact) mass is 320 g/mol. The Hall–Kier alpha value is -1.86. The molecule has 0 aliphatic carbocycles. The first kappa shape index (κ1) is 16.5. The fourth-order valence-electron chi connectivity index (χ4n) is 1.95. The summed E-state index contributed by atoms with van der Waals surface area (Å²) in [5.74, 6) is 1.11. The number of carbonyl (C=O) groups excluding carboxylic acids is 1. The molecule has 7 heteroatoms. The molecule has 1 aromatic heterocycles. The van der Waals surface area contributed by atoms with Crippen LogP contribution in [0.5, 0.6) is 0 Å². The van der Waals surface area contributed by atoms with E-state index in [2.05, 4.69) is 15.5 Å². The first-order chi connectivity index (χ1) is 10.8. The van der Waals surface area contributed by atoms with Crippen molar-refractivity contribution in [2.75, 3.05) is 26.0 Å². The number of nitrogens with zero attached hydrogens (tertiary/aromatic N) is 3. The Bertz CT molecular complexity index is 601. The smallest absolute Gasteiger partial charge is 0.230 e. The van der Waals surface area contributed by atoms with Crippen LogP contribution in [0.2, 0.25) is 0 Å². The van der Waals surface area contributed by atoms with Gasteiger partial charge in [0.25, 0.3) is 0 Å². The highest BCUT2D eigenvalue weighted by molar-refractivity contribution is 7.99. The minimum absolute atomic E-state index is 0.0334. The number of rotatable bonds is 8. The zero-order valence-electron chi connectivity index (χ0n) is 12.8. The quantitative estimate of drug-likeness (QED) is 0.593. The van der Waals surface area contributed by atoms with Gasteiger partial charge in [-0.15, -0.1) is 10.2 Å². The van der Waals surface area contributed by atoms with E-state index in [4.69, 9.17) is 4.74 Å². The minimum Gasteiger partial charge on any atom is -0.383 e. The summed E-state index contributed by atoms with van der Waals surface area (Å²) >= 11 is 1.39. The highest BCUT2D eigenvalue weighted by Crippen LogP contribution is 2.23. The molecule has 118 valence electrons. The summed E-state index contributed by atoms with van der Waals surface area (Å²) in [5, 5.41) is 12.0. The van der Waals surface area contributed by atoms with Gasteiger partial charge in [-0.2, -0.15) is 0 Å². The number of thioether (sulfide) groups is 1. The topological polar surface area (TPSA) is 69.0 Å². The lowest BCUT2D eigenvalue weighted by Gasteiger charge is -2.07. The van der Waals surface area contributed by atoms with Crippen molar-refractivity contribution in [2.45, 2.75) is 18.6 Å². The fourth-order valence-corrected chi connectivity index (χ4v) is 2.79. The largest absolute Gasteiger partial charge is 0.383 e. The van der Waals surface area contributed by atoms with Crippen LogP contribution in [0.3, 0.4) is 0 Å². The molecule has 1 aromatic carbocycles. The predicted octanol–water partition coefficient (Wildman–Crippen LogP) is 1.82. The average molecular weight is 320 g/mol. The van der Waals surface area contributed by atoms with Crippen LogP contribution in [-0.4, -0.2) is 46.7 Å². The molecule has 1 amide bonds.